The number of carbonyl (C=O) groups is 2. The van der Waals surface area contributed by atoms with Crippen molar-refractivity contribution in [2.75, 3.05) is 13.7 Å². The first-order valence-electron chi connectivity index (χ1n) is 8.74. The zero-order valence-electron chi connectivity index (χ0n) is 15.6. The Balaban J connectivity index is 1.72. The van der Waals surface area contributed by atoms with Crippen LogP contribution in [0.15, 0.2) is 45.9 Å². The molecule has 1 aromatic carbocycles. The molecule has 1 fully saturated rings. The van der Waals surface area contributed by atoms with E-state index >= 15 is 0 Å². The van der Waals surface area contributed by atoms with E-state index < -0.39 is 28.0 Å². The predicted molar refractivity (Wildman–Crippen MR) is 97.9 cm³/mol. The summed E-state index contributed by atoms with van der Waals surface area (Å²) in [6.45, 7) is 1.82. The van der Waals surface area contributed by atoms with E-state index in [0.29, 0.717) is 12.8 Å². The first kappa shape index (κ1) is 20.1. The molecule has 28 heavy (non-hydrogen) atoms. The van der Waals surface area contributed by atoms with E-state index in [9.17, 15) is 18.0 Å². The van der Waals surface area contributed by atoms with Gasteiger partial charge in [0.1, 0.15) is 18.2 Å². The molecule has 2 aromatic rings. The number of hydrogen-bond donors (Lipinski definition) is 0. The third kappa shape index (κ3) is 3.95. The lowest BCUT2D eigenvalue weighted by molar-refractivity contribution is -0.149. The number of esters is 2. The fourth-order valence-corrected chi connectivity index (χ4v) is 4.73. The van der Waals surface area contributed by atoms with Crippen LogP contribution in [0.25, 0.3) is 0 Å². The number of rotatable bonds is 6. The maximum atomic E-state index is 12.9. The van der Waals surface area contributed by atoms with Crippen molar-refractivity contribution in [3.05, 3.63) is 53.5 Å². The second kappa shape index (κ2) is 8.15. The molecule has 1 saturated heterocycles. The lowest BCUT2D eigenvalue weighted by Crippen LogP contribution is -2.41. The van der Waals surface area contributed by atoms with Gasteiger partial charge in [0, 0.05) is 6.54 Å². The molecular weight excluding hydrogens is 386 g/mol. The van der Waals surface area contributed by atoms with Gasteiger partial charge in [-0.3, -0.25) is 4.79 Å². The van der Waals surface area contributed by atoms with E-state index in [2.05, 4.69) is 4.74 Å². The van der Waals surface area contributed by atoms with Gasteiger partial charge in [-0.05, 0) is 38.0 Å². The van der Waals surface area contributed by atoms with E-state index in [1.165, 1.54) is 35.9 Å². The van der Waals surface area contributed by atoms with Crippen LogP contribution in [0.2, 0.25) is 0 Å². The van der Waals surface area contributed by atoms with Crippen LogP contribution >= 0.6 is 0 Å². The second-order valence-corrected chi connectivity index (χ2v) is 8.33. The van der Waals surface area contributed by atoms with E-state index in [1.807, 2.05) is 6.92 Å². The molecule has 0 aliphatic carbocycles. The minimum atomic E-state index is -3.81. The minimum absolute atomic E-state index is 0.136. The number of carbonyl (C=O) groups excluding carboxylic acids is 2. The standard InChI is InChI=1S/C19H21NO7S/c1-13-5-7-14(8-6-13)28(23,24)20-10-3-4-16(20)19(22)27-12-17-15(9-11-26-17)18(21)25-2/h5-9,11,16H,3-4,10,12H2,1-2H3/t16-/m0/s1. The highest BCUT2D eigenvalue weighted by molar-refractivity contribution is 7.89. The number of furan rings is 1. The van der Waals surface area contributed by atoms with Crippen LogP contribution in [0.3, 0.4) is 0 Å². The van der Waals surface area contributed by atoms with Gasteiger partial charge in [0.2, 0.25) is 10.0 Å². The quantitative estimate of drug-likeness (QED) is 0.677. The number of hydrogen-bond acceptors (Lipinski definition) is 7. The summed E-state index contributed by atoms with van der Waals surface area (Å²) in [6.07, 6.45) is 2.21. The molecule has 0 radical (unpaired) electrons. The fourth-order valence-electron chi connectivity index (χ4n) is 3.09. The Labute approximate surface area is 163 Å². The summed E-state index contributed by atoms with van der Waals surface area (Å²) in [4.78, 5) is 24.3. The van der Waals surface area contributed by atoms with Crippen molar-refractivity contribution >= 4 is 22.0 Å². The number of ether oxygens (including phenoxy) is 2. The molecule has 0 bridgehead atoms. The molecule has 2 heterocycles. The normalized spacial score (nSPS) is 17.4. The third-order valence-corrected chi connectivity index (χ3v) is 6.52. The molecule has 1 atom stereocenters. The Morgan fingerprint density at radius 1 is 1.21 bits per heavy atom. The average molecular weight is 407 g/mol. The summed E-state index contributed by atoms with van der Waals surface area (Å²) in [7, 11) is -2.58. The van der Waals surface area contributed by atoms with Crippen molar-refractivity contribution in [3.8, 4) is 0 Å². The van der Waals surface area contributed by atoms with Gasteiger partial charge in [-0.2, -0.15) is 4.31 Å². The predicted octanol–water partition coefficient (Wildman–Crippen LogP) is 2.27. The largest absolute Gasteiger partial charge is 0.465 e. The van der Waals surface area contributed by atoms with Crippen molar-refractivity contribution in [3.63, 3.8) is 0 Å². The van der Waals surface area contributed by atoms with E-state index in [4.69, 9.17) is 9.15 Å². The summed E-state index contributed by atoms with van der Waals surface area (Å²) in [6, 6.07) is 6.97. The summed E-state index contributed by atoms with van der Waals surface area (Å²) >= 11 is 0. The second-order valence-electron chi connectivity index (χ2n) is 6.44. The molecule has 0 amide bonds. The summed E-state index contributed by atoms with van der Waals surface area (Å²) in [5, 5.41) is 0. The van der Waals surface area contributed by atoms with Crippen molar-refractivity contribution in [2.24, 2.45) is 0 Å². The van der Waals surface area contributed by atoms with Crippen LogP contribution in [-0.2, 0) is 30.9 Å². The number of nitrogens with zero attached hydrogens (tertiary/aromatic N) is 1. The van der Waals surface area contributed by atoms with Crippen molar-refractivity contribution in [1.29, 1.82) is 0 Å². The molecular formula is C19H21NO7S. The number of aryl methyl sites for hydroxylation is 1. The summed E-state index contributed by atoms with van der Waals surface area (Å²) in [5.41, 5.74) is 1.10. The third-order valence-electron chi connectivity index (χ3n) is 4.60. The van der Waals surface area contributed by atoms with Gasteiger partial charge in [0.05, 0.1) is 18.3 Å². The van der Waals surface area contributed by atoms with Crippen LogP contribution in [0, 0.1) is 6.92 Å². The van der Waals surface area contributed by atoms with Crippen LogP contribution < -0.4 is 0 Å². The van der Waals surface area contributed by atoms with E-state index in [1.54, 1.807) is 12.1 Å². The Morgan fingerprint density at radius 3 is 2.61 bits per heavy atom. The van der Waals surface area contributed by atoms with Crippen molar-refractivity contribution in [2.45, 2.75) is 37.3 Å². The highest BCUT2D eigenvalue weighted by Crippen LogP contribution is 2.27. The first-order valence-corrected chi connectivity index (χ1v) is 10.2. The minimum Gasteiger partial charge on any atom is -0.465 e. The SMILES string of the molecule is COC(=O)c1ccoc1COC(=O)[C@@H]1CCCN1S(=O)(=O)c1ccc(C)cc1. The van der Waals surface area contributed by atoms with Gasteiger partial charge in [-0.25, -0.2) is 13.2 Å². The Hall–Kier alpha value is -2.65. The zero-order chi connectivity index (χ0) is 20.3. The Morgan fingerprint density at radius 2 is 1.93 bits per heavy atom. The van der Waals surface area contributed by atoms with Gasteiger partial charge < -0.3 is 13.9 Å². The van der Waals surface area contributed by atoms with E-state index in [0.717, 1.165) is 5.56 Å². The number of benzene rings is 1. The van der Waals surface area contributed by atoms with Gasteiger partial charge in [0.25, 0.3) is 0 Å². The lowest BCUT2D eigenvalue weighted by Gasteiger charge is -2.22. The van der Waals surface area contributed by atoms with Crippen LogP contribution in [0.1, 0.15) is 34.5 Å². The average Bonchev–Trinajstić information content (AvgIpc) is 3.35. The molecule has 0 unspecified atom stereocenters. The van der Waals surface area contributed by atoms with Gasteiger partial charge in [-0.1, -0.05) is 17.7 Å². The van der Waals surface area contributed by atoms with Gasteiger partial charge >= 0.3 is 11.9 Å². The molecule has 1 aromatic heterocycles. The number of sulfonamides is 1. The monoisotopic (exact) mass is 407 g/mol. The Bertz CT molecular complexity index is 962. The van der Waals surface area contributed by atoms with Crippen molar-refractivity contribution < 1.29 is 31.9 Å². The molecule has 0 saturated carbocycles. The summed E-state index contributed by atoms with van der Waals surface area (Å²) in [5.74, 6) is -1.14. The lowest BCUT2D eigenvalue weighted by atomic mass is 10.2. The fraction of sp³-hybridized carbons (Fsp3) is 0.368. The summed E-state index contributed by atoms with van der Waals surface area (Å²) < 4.78 is 42.0. The smallest absolute Gasteiger partial charge is 0.341 e. The topological polar surface area (TPSA) is 103 Å². The molecule has 9 heteroatoms. The van der Waals surface area contributed by atoms with Crippen LogP contribution in [0.5, 0.6) is 0 Å². The molecule has 8 nitrogen and oxygen atoms in total. The van der Waals surface area contributed by atoms with Gasteiger partial charge in [-0.15, -0.1) is 0 Å². The number of methoxy groups -OCH3 is 1. The van der Waals surface area contributed by atoms with E-state index in [-0.39, 0.29) is 29.4 Å². The maximum absolute atomic E-state index is 12.9. The molecule has 150 valence electrons. The molecule has 1 aliphatic rings. The van der Waals surface area contributed by atoms with Gasteiger partial charge in [0.15, 0.2) is 5.76 Å². The van der Waals surface area contributed by atoms with Crippen LogP contribution in [-0.4, -0.2) is 44.4 Å². The highest BCUT2D eigenvalue weighted by atomic mass is 32.2. The molecule has 1 aliphatic heterocycles. The molecule has 0 spiro atoms. The van der Waals surface area contributed by atoms with Crippen LogP contribution in [0.4, 0.5) is 0 Å². The highest BCUT2D eigenvalue weighted by Gasteiger charge is 2.40. The zero-order valence-corrected chi connectivity index (χ0v) is 16.4. The first-order chi connectivity index (χ1) is 13.3. The molecule has 0 N–H and O–H groups in total. The van der Waals surface area contributed by atoms with Crippen molar-refractivity contribution in [1.82, 2.24) is 4.31 Å². The Kier molecular flexibility index (Phi) is 5.85. The maximum Gasteiger partial charge on any atom is 0.341 e. The molecule has 3 rings (SSSR count).